The average molecular weight is 486 g/mol. The SMILES string of the molecule is CC(=O)c1c(Nc2ccc(S(C)(=O)=O)nc2)ncnc1N1CCC(c2nc(C(C)C)no2)CC1. The fourth-order valence-corrected chi connectivity index (χ4v) is 4.39. The Bertz CT molecular complexity index is 1280. The lowest BCUT2D eigenvalue weighted by atomic mass is 9.96. The molecule has 0 bridgehead atoms. The van der Waals surface area contributed by atoms with Gasteiger partial charge in [0.1, 0.15) is 23.5 Å². The summed E-state index contributed by atoms with van der Waals surface area (Å²) in [5, 5.41) is 7.10. The van der Waals surface area contributed by atoms with Crippen molar-refractivity contribution in [3.63, 3.8) is 0 Å². The summed E-state index contributed by atoms with van der Waals surface area (Å²) in [6.07, 6.45) is 5.48. The van der Waals surface area contributed by atoms with Crippen LogP contribution in [0.25, 0.3) is 0 Å². The van der Waals surface area contributed by atoms with E-state index in [0.717, 1.165) is 19.1 Å². The van der Waals surface area contributed by atoms with E-state index in [4.69, 9.17) is 4.52 Å². The molecule has 3 aromatic heterocycles. The number of sulfone groups is 1. The maximum absolute atomic E-state index is 12.6. The third-order valence-corrected chi connectivity index (χ3v) is 6.68. The van der Waals surface area contributed by atoms with E-state index in [1.807, 2.05) is 13.8 Å². The van der Waals surface area contributed by atoms with Crippen molar-refractivity contribution < 1.29 is 17.7 Å². The molecular weight excluding hydrogens is 458 g/mol. The van der Waals surface area contributed by atoms with Crippen LogP contribution < -0.4 is 10.2 Å². The number of nitrogens with one attached hydrogen (secondary N) is 1. The third-order valence-electron chi connectivity index (χ3n) is 5.68. The minimum Gasteiger partial charge on any atom is -0.356 e. The van der Waals surface area contributed by atoms with E-state index in [1.54, 1.807) is 6.07 Å². The van der Waals surface area contributed by atoms with Crippen molar-refractivity contribution in [2.45, 2.75) is 50.5 Å². The molecule has 0 aromatic carbocycles. The first kappa shape index (κ1) is 23.7. The van der Waals surface area contributed by atoms with Gasteiger partial charge in [-0.15, -0.1) is 0 Å². The summed E-state index contributed by atoms with van der Waals surface area (Å²) >= 11 is 0. The van der Waals surface area contributed by atoms with E-state index in [-0.39, 0.29) is 22.6 Å². The van der Waals surface area contributed by atoms with Crippen LogP contribution in [0.15, 0.2) is 34.2 Å². The Morgan fingerprint density at radius 2 is 1.91 bits per heavy atom. The van der Waals surface area contributed by atoms with Crippen LogP contribution in [0.1, 0.15) is 67.5 Å². The molecule has 0 radical (unpaired) electrons. The second-order valence-corrected chi connectivity index (χ2v) is 10.6. The van der Waals surface area contributed by atoms with Gasteiger partial charge in [0.05, 0.1) is 11.9 Å². The molecule has 0 aliphatic carbocycles. The lowest BCUT2D eigenvalue weighted by Gasteiger charge is -2.32. The number of carbonyl (C=O) groups is 1. The minimum absolute atomic E-state index is 0.0298. The highest BCUT2D eigenvalue weighted by atomic mass is 32.2. The van der Waals surface area contributed by atoms with Gasteiger partial charge >= 0.3 is 0 Å². The van der Waals surface area contributed by atoms with Crippen LogP contribution in [-0.2, 0) is 9.84 Å². The molecule has 1 aliphatic rings. The maximum Gasteiger partial charge on any atom is 0.229 e. The Kier molecular flexibility index (Phi) is 6.60. The molecule has 180 valence electrons. The molecule has 4 heterocycles. The molecule has 1 N–H and O–H groups in total. The van der Waals surface area contributed by atoms with Crippen molar-refractivity contribution in [1.82, 2.24) is 25.1 Å². The number of pyridine rings is 1. The molecule has 0 spiro atoms. The van der Waals surface area contributed by atoms with Gasteiger partial charge in [-0.05, 0) is 31.9 Å². The first-order valence-electron chi connectivity index (χ1n) is 11.0. The monoisotopic (exact) mass is 485 g/mol. The van der Waals surface area contributed by atoms with Crippen LogP contribution in [0, 0.1) is 0 Å². The maximum atomic E-state index is 12.6. The zero-order chi connectivity index (χ0) is 24.5. The first-order chi connectivity index (χ1) is 16.1. The van der Waals surface area contributed by atoms with E-state index in [1.165, 1.54) is 25.5 Å². The predicted molar refractivity (Wildman–Crippen MR) is 125 cm³/mol. The fourth-order valence-electron chi connectivity index (χ4n) is 3.83. The van der Waals surface area contributed by atoms with Crippen molar-refractivity contribution in [3.05, 3.63) is 41.9 Å². The van der Waals surface area contributed by atoms with E-state index < -0.39 is 9.84 Å². The Morgan fingerprint density at radius 3 is 2.47 bits per heavy atom. The number of anilines is 3. The van der Waals surface area contributed by atoms with Crippen molar-refractivity contribution in [1.29, 1.82) is 0 Å². The number of aromatic nitrogens is 5. The Labute approximate surface area is 197 Å². The Morgan fingerprint density at radius 1 is 1.18 bits per heavy atom. The number of piperidine rings is 1. The normalized spacial score (nSPS) is 15.0. The number of carbonyl (C=O) groups excluding carboxylic acids is 1. The van der Waals surface area contributed by atoms with Gasteiger partial charge in [0.15, 0.2) is 26.5 Å². The third kappa shape index (κ3) is 5.06. The van der Waals surface area contributed by atoms with Gasteiger partial charge in [0, 0.05) is 31.2 Å². The van der Waals surface area contributed by atoms with Gasteiger partial charge in [-0.1, -0.05) is 19.0 Å². The van der Waals surface area contributed by atoms with E-state index >= 15 is 0 Å². The summed E-state index contributed by atoms with van der Waals surface area (Å²) < 4.78 is 28.8. The van der Waals surface area contributed by atoms with Crippen LogP contribution in [-0.4, -0.2) is 58.6 Å². The molecule has 34 heavy (non-hydrogen) atoms. The highest BCUT2D eigenvalue weighted by Crippen LogP contribution is 2.33. The average Bonchev–Trinajstić information content (AvgIpc) is 3.29. The highest BCUT2D eigenvalue weighted by Gasteiger charge is 2.29. The molecule has 0 saturated carbocycles. The number of nitrogens with zero attached hydrogens (tertiary/aromatic N) is 6. The lowest BCUT2D eigenvalue weighted by Crippen LogP contribution is -2.35. The van der Waals surface area contributed by atoms with Crippen LogP contribution in [0.5, 0.6) is 0 Å². The molecule has 3 aromatic rings. The topological polar surface area (TPSA) is 144 Å². The molecule has 0 unspecified atom stereocenters. The van der Waals surface area contributed by atoms with E-state index in [9.17, 15) is 13.2 Å². The van der Waals surface area contributed by atoms with Crippen molar-refractivity contribution in [2.75, 3.05) is 29.6 Å². The zero-order valence-corrected chi connectivity index (χ0v) is 20.3. The number of ketones is 1. The smallest absolute Gasteiger partial charge is 0.229 e. The molecule has 1 aliphatic heterocycles. The minimum atomic E-state index is -3.40. The second kappa shape index (κ2) is 9.45. The summed E-state index contributed by atoms with van der Waals surface area (Å²) in [4.78, 5) is 31.8. The van der Waals surface area contributed by atoms with Crippen LogP contribution in [0.2, 0.25) is 0 Å². The summed E-state index contributed by atoms with van der Waals surface area (Å²) in [7, 11) is -3.40. The summed E-state index contributed by atoms with van der Waals surface area (Å²) in [5.41, 5.74) is 0.878. The summed E-state index contributed by atoms with van der Waals surface area (Å²) in [5.74, 6) is 2.45. The fraction of sp³-hybridized carbons (Fsp3) is 0.455. The van der Waals surface area contributed by atoms with Gasteiger partial charge in [-0.2, -0.15) is 4.98 Å². The van der Waals surface area contributed by atoms with Gasteiger partial charge in [-0.25, -0.2) is 23.4 Å². The quantitative estimate of drug-likeness (QED) is 0.493. The predicted octanol–water partition coefficient (Wildman–Crippen LogP) is 3.11. The number of Topliss-reactive ketones (excluding diaryl/α,β-unsaturated/α-hetero) is 1. The van der Waals surface area contributed by atoms with Crippen molar-refractivity contribution in [3.8, 4) is 0 Å². The molecule has 4 rings (SSSR count). The van der Waals surface area contributed by atoms with Crippen molar-refractivity contribution in [2.24, 2.45) is 0 Å². The Balaban J connectivity index is 1.53. The first-order valence-corrected chi connectivity index (χ1v) is 12.9. The van der Waals surface area contributed by atoms with Gasteiger partial charge in [0.2, 0.25) is 5.89 Å². The number of hydrogen-bond acceptors (Lipinski definition) is 11. The molecule has 11 nitrogen and oxygen atoms in total. The molecule has 0 atom stereocenters. The van der Waals surface area contributed by atoms with Crippen LogP contribution in [0.3, 0.4) is 0 Å². The van der Waals surface area contributed by atoms with Crippen LogP contribution in [0.4, 0.5) is 17.3 Å². The summed E-state index contributed by atoms with van der Waals surface area (Å²) in [6.45, 7) is 6.86. The van der Waals surface area contributed by atoms with Crippen molar-refractivity contribution >= 4 is 32.9 Å². The Hall–Kier alpha value is -3.41. The largest absolute Gasteiger partial charge is 0.356 e. The summed E-state index contributed by atoms with van der Waals surface area (Å²) in [6, 6.07) is 2.98. The molecule has 0 amide bonds. The highest BCUT2D eigenvalue weighted by molar-refractivity contribution is 7.90. The standard InChI is InChI=1S/C22H27N7O4S/c1-13(2)19-27-22(33-28-19)15-7-9-29(10-8-15)21-18(14(3)30)20(24-12-25-21)26-16-5-6-17(23-11-16)34(4,31)32/h5-6,11-13,15H,7-10H2,1-4H3,(H,24,25,26). The lowest BCUT2D eigenvalue weighted by molar-refractivity contribution is 0.101. The molecule has 1 fully saturated rings. The van der Waals surface area contributed by atoms with Gasteiger partial charge < -0.3 is 14.7 Å². The van der Waals surface area contributed by atoms with Crippen LogP contribution >= 0.6 is 0 Å². The molecule has 12 heteroatoms. The second-order valence-electron chi connectivity index (χ2n) is 8.67. The van der Waals surface area contributed by atoms with E-state index in [2.05, 4.69) is 35.3 Å². The number of hydrogen-bond donors (Lipinski definition) is 1. The molecular formula is C22H27N7O4S. The number of rotatable bonds is 7. The van der Waals surface area contributed by atoms with Gasteiger partial charge in [-0.3, -0.25) is 4.79 Å². The van der Waals surface area contributed by atoms with E-state index in [0.29, 0.717) is 47.7 Å². The van der Waals surface area contributed by atoms with Gasteiger partial charge in [0.25, 0.3) is 0 Å². The molecule has 1 saturated heterocycles. The zero-order valence-electron chi connectivity index (χ0n) is 19.5.